The lowest BCUT2D eigenvalue weighted by Gasteiger charge is -2.23. The number of aromatic hydroxyl groups is 1. The fourth-order valence-corrected chi connectivity index (χ4v) is 2.60. The summed E-state index contributed by atoms with van der Waals surface area (Å²) in [6, 6.07) is 1.38. The van der Waals surface area contributed by atoms with Crippen LogP contribution in [0.2, 0.25) is 0 Å². The quantitative estimate of drug-likeness (QED) is 0.190. The molecule has 4 atom stereocenters. The van der Waals surface area contributed by atoms with E-state index in [2.05, 4.69) is 16.0 Å². The predicted octanol–water partition coefficient (Wildman–Crippen LogP) is -1.89. The van der Waals surface area contributed by atoms with E-state index in [9.17, 15) is 34.2 Å². The van der Waals surface area contributed by atoms with E-state index < -0.39 is 53.8 Å². The summed E-state index contributed by atoms with van der Waals surface area (Å²) in [4.78, 5) is 59.5. The highest BCUT2D eigenvalue weighted by Crippen LogP contribution is 2.12. The lowest BCUT2D eigenvalue weighted by molar-refractivity contribution is -0.142. The Kier molecular flexibility index (Phi) is 10.1. The second kappa shape index (κ2) is 12.2. The van der Waals surface area contributed by atoms with E-state index in [1.54, 1.807) is 0 Å². The van der Waals surface area contributed by atoms with Gasteiger partial charge in [-0.1, -0.05) is 12.1 Å². The van der Waals surface area contributed by atoms with Crippen molar-refractivity contribution in [3.8, 4) is 5.75 Å². The Bertz CT molecular complexity index is 841. The van der Waals surface area contributed by atoms with Gasteiger partial charge in [0, 0.05) is 12.8 Å². The Balaban J connectivity index is 2.99. The molecule has 0 aliphatic heterocycles. The first kappa shape index (κ1) is 26.4. The van der Waals surface area contributed by atoms with Crippen molar-refractivity contribution in [3.63, 3.8) is 0 Å². The van der Waals surface area contributed by atoms with Crippen molar-refractivity contribution in [2.75, 3.05) is 0 Å². The molecule has 12 heteroatoms. The number of nitrogens with two attached hydrogens (primary N) is 2. The number of amides is 4. The lowest BCUT2D eigenvalue weighted by Crippen LogP contribution is -2.56. The molecule has 0 spiro atoms. The van der Waals surface area contributed by atoms with E-state index in [1.165, 1.54) is 38.1 Å². The van der Waals surface area contributed by atoms with Crippen molar-refractivity contribution >= 4 is 29.6 Å². The minimum atomic E-state index is -1.40. The highest BCUT2D eigenvalue weighted by molar-refractivity contribution is 5.94. The average molecular weight is 451 g/mol. The van der Waals surface area contributed by atoms with Gasteiger partial charge in [-0.25, -0.2) is 4.79 Å². The molecule has 0 saturated carbocycles. The van der Waals surface area contributed by atoms with Gasteiger partial charge in [0.15, 0.2) is 0 Å². The Morgan fingerprint density at radius 3 is 1.97 bits per heavy atom. The monoisotopic (exact) mass is 451 g/mol. The molecule has 176 valence electrons. The molecule has 0 aliphatic carbocycles. The Hall–Kier alpha value is -3.67. The summed E-state index contributed by atoms with van der Waals surface area (Å²) >= 11 is 0. The van der Waals surface area contributed by atoms with E-state index >= 15 is 0 Å². The SMILES string of the molecule is CC(N)C(=O)NC(C)C(=O)NC(Cc1ccc(O)cc1)C(=O)NC(CCC(N)=O)C(=O)O. The normalized spacial score (nSPS) is 14.3. The van der Waals surface area contributed by atoms with Crippen LogP contribution >= 0.6 is 0 Å². The summed E-state index contributed by atoms with van der Waals surface area (Å²) < 4.78 is 0. The van der Waals surface area contributed by atoms with Crippen LogP contribution in [0.5, 0.6) is 5.75 Å². The third-order valence-corrected chi connectivity index (χ3v) is 4.47. The number of rotatable bonds is 12. The van der Waals surface area contributed by atoms with E-state index in [1.807, 2.05) is 0 Å². The molecule has 12 nitrogen and oxygen atoms in total. The minimum Gasteiger partial charge on any atom is -0.508 e. The molecule has 0 bridgehead atoms. The zero-order valence-electron chi connectivity index (χ0n) is 17.8. The van der Waals surface area contributed by atoms with Gasteiger partial charge in [0.1, 0.15) is 23.9 Å². The molecule has 1 aromatic carbocycles. The topological polar surface area (TPSA) is 214 Å². The Morgan fingerprint density at radius 1 is 0.906 bits per heavy atom. The molecule has 1 aromatic rings. The van der Waals surface area contributed by atoms with Gasteiger partial charge < -0.3 is 37.6 Å². The predicted molar refractivity (Wildman–Crippen MR) is 113 cm³/mol. The van der Waals surface area contributed by atoms with Crippen LogP contribution in [0, 0.1) is 0 Å². The molecule has 0 heterocycles. The number of phenolic OH excluding ortho intramolecular Hbond substituents is 1. The molecule has 0 radical (unpaired) electrons. The summed E-state index contributed by atoms with van der Waals surface area (Å²) in [6.07, 6.45) is -0.516. The maximum Gasteiger partial charge on any atom is 0.326 e. The molecule has 0 aliphatic rings. The van der Waals surface area contributed by atoms with Gasteiger partial charge in [-0.15, -0.1) is 0 Å². The maximum absolute atomic E-state index is 12.8. The average Bonchev–Trinajstić information content (AvgIpc) is 2.71. The van der Waals surface area contributed by atoms with Gasteiger partial charge in [0.2, 0.25) is 23.6 Å². The van der Waals surface area contributed by atoms with Crippen molar-refractivity contribution in [2.24, 2.45) is 11.5 Å². The van der Waals surface area contributed by atoms with Gasteiger partial charge >= 0.3 is 5.97 Å². The molecular formula is C20H29N5O7. The number of carbonyl (C=O) groups excluding carboxylic acids is 4. The number of aliphatic carboxylic acids is 1. The maximum atomic E-state index is 12.8. The van der Waals surface area contributed by atoms with Crippen LogP contribution < -0.4 is 27.4 Å². The fourth-order valence-electron chi connectivity index (χ4n) is 2.60. The summed E-state index contributed by atoms with van der Waals surface area (Å²) in [5, 5.41) is 25.9. The molecule has 1 rings (SSSR count). The number of phenols is 1. The molecule has 0 aromatic heterocycles. The molecule has 9 N–H and O–H groups in total. The Morgan fingerprint density at radius 2 is 1.47 bits per heavy atom. The van der Waals surface area contributed by atoms with Crippen molar-refractivity contribution in [1.82, 2.24) is 16.0 Å². The molecule has 4 unspecified atom stereocenters. The number of nitrogens with one attached hydrogen (secondary N) is 3. The first-order valence-electron chi connectivity index (χ1n) is 9.86. The third-order valence-electron chi connectivity index (χ3n) is 4.47. The number of hydrogen-bond donors (Lipinski definition) is 7. The van der Waals surface area contributed by atoms with Crippen molar-refractivity contribution < 1.29 is 34.2 Å². The second-order valence-corrected chi connectivity index (χ2v) is 7.36. The summed E-state index contributed by atoms with van der Waals surface area (Å²) in [5.41, 5.74) is 11.1. The van der Waals surface area contributed by atoms with Crippen LogP contribution in [0.4, 0.5) is 0 Å². The first-order chi connectivity index (χ1) is 14.9. The van der Waals surface area contributed by atoms with E-state index in [4.69, 9.17) is 11.5 Å². The number of hydrogen-bond acceptors (Lipinski definition) is 7. The number of benzene rings is 1. The van der Waals surface area contributed by atoms with Gasteiger partial charge in [0.25, 0.3) is 0 Å². The van der Waals surface area contributed by atoms with Gasteiger partial charge in [0.05, 0.1) is 6.04 Å². The largest absolute Gasteiger partial charge is 0.508 e. The van der Waals surface area contributed by atoms with E-state index in [0.29, 0.717) is 5.56 Å². The smallest absolute Gasteiger partial charge is 0.326 e. The number of primary amides is 1. The number of carboxylic acid groups (broad SMARTS) is 1. The van der Waals surface area contributed by atoms with Crippen LogP contribution in [0.25, 0.3) is 0 Å². The van der Waals surface area contributed by atoms with Crippen LogP contribution in [-0.4, -0.2) is 64.0 Å². The lowest BCUT2D eigenvalue weighted by atomic mass is 10.0. The van der Waals surface area contributed by atoms with Crippen LogP contribution in [-0.2, 0) is 30.4 Å². The zero-order valence-corrected chi connectivity index (χ0v) is 17.8. The van der Waals surface area contributed by atoms with Crippen LogP contribution in [0.3, 0.4) is 0 Å². The zero-order chi connectivity index (χ0) is 24.4. The van der Waals surface area contributed by atoms with Gasteiger partial charge in [-0.05, 0) is 38.0 Å². The van der Waals surface area contributed by atoms with Crippen molar-refractivity contribution in [2.45, 2.75) is 57.3 Å². The van der Waals surface area contributed by atoms with Crippen LogP contribution in [0.15, 0.2) is 24.3 Å². The van der Waals surface area contributed by atoms with E-state index in [-0.39, 0.29) is 25.0 Å². The molecular weight excluding hydrogens is 422 g/mol. The standard InChI is InChI=1S/C20H29N5O7/c1-10(21)17(28)23-11(2)18(29)25-15(9-12-3-5-13(26)6-4-12)19(30)24-14(20(31)32)7-8-16(22)27/h3-6,10-11,14-15,26H,7-9,21H2,1-2H3,(H2,22,27)(H,23,28)(H,24,30)(H,25,29)(H,31,32). The highest BCUT2D eigenvalue weighted by atomic mass is 16.4. The minimum absolute atomic E-state index is 0.00317. The molecule has 0 fully saturated rings. The summed E-state index contributed by atoms with van der Waals surface area (Å²) in [7, 11) is 0. The first-order valence-corrected chi connectivity index (χ1v) is 9.86. The summed E-state index contributed by atoms with van der Waals surface area (Å²) in [6.45, 7) is 2.84. The second-order valence-electron chi connectivity index (χ2n) is 7.36. The summed E-state index contributed by atoms with van der Waals surface area (Å²) in [5.74, 6) is -4.16. The number of carboxylic acids is 1. The van der Waals surface area contributed by atoms with Gasteiger partial charge in [-0.2, -0.15) is 0 Å². The molecule has 0 saturated heterocycles. The Labute approximate surface area is 184 Å². The van der Waals surface area contributed by atoms with E-state index in [0.717, 1.165) is 0 Å². The van der Waals surface area contributed by atoms with Gasteiger partial charge in [-0.3, -0.25) is 19.2 Å². The van der Waals surface area contributed by atoms with Crippen molar-refractivity contribution in [3.05, 3.63) is 29.8 Å². The number of carbonyl (C=O) groups is 5. The third kappa shape index (κ3) is 9.00. The van der Waals surface area contributed by atoms with Crippen LogP contribution in [0.1, 0.15) is 32.3 Å². The van der Waals surface area contributed by atoms with Crippen molar-refractivity contribution in [1.29, 1.82) is 0 Å². The molecule has 4 amide bonds. The molecule has 32 heavy (non-hydrogen) atoms. The fraction of sp³-hybridized carbons (Fsp3) is 0.450. The highest BCUT2D eigenvalue weighted by Gasteiger charge is 2.29.